The number of rotatable bonds is 4. The molecule has 0 saturated carbocycles. The first-order valence-corrected chi connectivity index (χ1v) is 6.65. The summed E-state index contributed by atoms with van der Waals surface area (Å²) in [5.41, 5.74) is 2.06. The Kier molecular flexibility index (Phi) is 3.82. The number of hydrogen-bond acceptors (Lipinski definition) is 3. The van der Waals surface area contributed by atoms with Gasteiger partial charge in [-0.2, -0.15) is 0 Å². The smallest absolute Gasteiger partial charge is 0.177 e. The fraction of sp³-hybridized carbons (Fsp3) is 0.267. The molecule has 1 aromatic heterocycles. The number of Topliss-reactive ketones (excluding diaryl/α,β-unsaturated/α-hetero) is 1. The van der Waals surface area contributed by atoms with Crippen molar-refractivity contribution >= 4 is 17.1 Å². The minimum Gasteiger partial charge on any atom is -0.497 e. The molecule has 0 fully saturated rings. The second-order valence-corrected chi connectivity index (χ2v) is 5.58. The van der Waals surface area contributed by atoms with Crippen molar-refractivity contribution in [1.82, 2.24) is 0 Å². The molecule has 1 aromatic carbocycles. The quantitative estimate of drug-likeness (QED) is 0.782. The van der Waals surface area contributed by atoms with Crippen LogP contribution in [-0.4, -0.2) is 12.9 Å². The second kappa shape index (κ2) is 5.36. The van der Waals surface area contributed by atoms with Gasteiger partial charge in [0, 0.05) is 11.3 Å². The number of ether oxygens (including phenoxy) is 1. The second-order valence-electron chi connectivity index (χ2n) is 4.32. The Bertz CT molecular complexity index is 570. The van der Waals surface area contributed by atoms with E-state index in [1.807, 2.05) is 38.1 Å². The molecule has 2 rings (SSSR count). The average Bonchev–Trinajstić information content (AvgIpc) is 2.69. The third kappa shape index (κ3) is 2.79. The number of ketones is 1. The SMILES string of the molecule is COc1cccc(CC(=O)c2sc(C)cc2C)c1. The number of carbonyl (C=O) groups is 1. The summed E-state index contributed by atoms with van der Waals surface area (Å²) < 4.78 is 5.16. The van der Waals surface area contributed by atoms with Gasteiger partial charge >= 0.3 is 0 Å². The summed E-state index contributed by atoms with van der Waals surface area (Å²) in [5.74, 6) is 0.971. The van der Waals surface area contributed by atoms with Crippen LogP contribution in [0.2, 0.25) is 0 Å². The highest BCUT2D eigenvalue weighted by molar-refractivity contribution is 7.14. The van der Waals surface area contributed by atoms with Crippen LogP contribution in [0.5, 0.6) is 5.75 Å². The minimum atomic E-state index is 0.179. The summed E-state index contributed by atoms with van der Waals surface area (Å²) in [7, 11) is 1.63. The highest BCUT2D eigenvalue weighted by Gasteiger charge is 2.13. The molecule has 2 nitrogen and oxygen atoms in total. The van der Waals surface area contributed by atoms with Gasteiger partial charge in [-0.3, -0.25) is 4.79 Å². The Labute approximate surface area is 111 Å². The zero-order valence-corrected chi connectivity index (χ0v) is 11.6. The van der Waals surface area contributed by atoms with E-state index < -0.39 is 0 Å². The van der Waals surface area contributed by atoms with Gasteiger partial charge in [0.1, 0.15) is 5.75 Å². The third-order valence-electron chi connectivity index (χ3n) is 2.79. The van der Waals surface area contributed by atoms with Gasteiger partial charge in [0.15, 0.2) is 5.78 Å². The predicted octanol–water partition coefficient (Wildman–Crippen LogP) is 3.80. The molecule has 0 bridgehead atoms. The van der Waals surface area contributed by atoms with E-state index in [-0.39, 0.29) is 5.78 Å². The molecule has 0 aliphatic rings. The van der Waals surface area contributed by atoms with Crippen LogP contribution in [0.25, 0.3) is 0 Å². The lowest BCUT2D eigenvalue weighted by Crippen LogP contribution is -2.02. The molecule has 0 aliphatic carbocycles. The van der Waals surface area contributed by atoms with Crippen molar-refractivity contribution in [2.24, 2.45) is 0 Å². The van der Waals surface area contributed by atoms with Crippen molar-refractivity contribution in [2.75, 3.05) is 7.11 Å². The van der Waals surface area contributed by atoms with E-state index in [0.717, 1.165) is 21.8 Å². The maximum Gasteiger partial charge on any atom is 0.177 e. The number of thiophene rings is 1. The lowest BCUT2D eigenvalue weighted by atomic mass is 10.1. The summed E-state index contributed by atoms with van der Waals surface area (Å²) in [6.45, 7) is 4.02. The molecular weight excluding hydrogens is 244 g/mol. The van der Waals surface area contributed by atoms with Crippen molar-refractivity contribution in [1.29, 1.82) is 0 Å². The highest BCUT2D eigenvalue weighted by atomic mass is 32.1. The maximum atomic E-state index is 12.2. The Hall–Kier alpha value is -1.61. The van der Waals surface area contributed by atoms with Crippen LogP contribution in [-0.2, 0) is 6.42 Å². The van der Waals surface area contributed by atoms with E-state index in [1.54, 1.807) is 18.4 Å². The van der Waals surface area contributed by atoms with Crippen LogP contribution >= 0.6 is 11.3 Å². The highest BCUT2D eigenvalue weighted by Crippen LogP contribution is 2.23. The number of aryl methyl sites for hydroxylation is 2. The van der Waals surface area contributed by atoms with Crippen LogP contribution in [0.4, 0.5) is 0 Å². The van der Waals surface area contributed by atoms with Crippen molar-refractivity contribution in [2.45, 2.75) is 20.3 Å². The minimum absolute atomic E-state index is 0.179. The monoisotopic (exact) mass is 260 g/mol. The van der Waals surface area contributed by atoms with Gasteiger partial charge in [-0.1, -0.05) is 12.1 Å². The maximum absolute atomic E-state index is 12.2. The lowest BCUT2D eigenvalue weighted by Gasteiger charge is -2.03. The first kappa shape index (κ1) is 12.8. The van der Waals surface area contributed by atoms with Gasteiger partial charge in [0.2, 0.25) is 0 Å². The van der Waals surface area contributed by atoms with Gasteiger partial charge < -0.3 is 4.74 Å². The summed E-state index contributed by atoms with van der Waals surface area (Å²) in [6, 6.07) is 9.72. The molecule has 0 amide bonds. The Morgan fingerprint density at radius 1 is 1.28 bits per heavy atom. The molecule has 1 heterocycles. The third-order valence-corrected chi connectivity index (χ3v) is 3.99. The molecule has 0 radical (unpaired) electrons. The molecule has 18 heavy (non-hydrogen) atoms. The van der Waals surface area contributed by atoms with Crippen LogP contribution < -0.4 is 4.74 Å². The standard InChI is InChI=1S/C15H16O2S/c1-10-7-11(2)18-15(10)14(16)9-12-5-4-6-13(8-12)17-3/h4-8H,9H2,1-3H3. The molecule has 0 saturated heterocycles. The summed E-state index contributed by atoms with van der Waals surface area (Å²) >= 11 is 1.57. The van der Waals surface area contributed by atoms with Crippen molar-refractivity contribution < 1.29 is 9.53 Å². The molecule has 2 aromatic rings. The molecule has 0 N–H and O–H groups in total. The van der Waals surface area contributed by atoms with E-state index in [9.17, 15) is 4.79 Å². The summed E-state index contributed by atoms with van der Waals surface area (Å²) in [6.07, 6.45) is 0.429. The van der Waals surface area contributed by atoms with Crippen molar-refractivity contribution in [3.05, 3.63) is 51.2 Å². The molecule has 94 valence electrons. The van der Waals surface area contributed by atoms with Gasteiger partial charge in [0.05, 0.1) is 12.0 Å². The zero-order valence-electron chi connectivity index (χ0n) is 10.8. The van der Waals surface area contributed by atoms with Crippen molar-refractivity contribution in [3.63, 3.8) is 0 Å². The van der Waals surface area contributed by atoms with Crippen LogP contribution in [0.15, 0.2) is 30.3 Å². The van der Waals surface area contributed by atoms with E-state index in [2.05, 4.69) is 6.07 Å². The fourth-order valence-corrected chi connectivity index (χ4v) is 2.93. The molecule has 0 spiro atoms. The molecule has 3 heteroatoms. The number of methoxy groups -OCH3 is 1. The van der Waals surface area contributed by atoms with E-state index in [4.69, 9.17) is 4.74 Å². The zero-order chi connectivity index (χ0) is 13.1. The topological polar surface area (TPSA) is 26.3 Å². The van der Waals surface area contributed by atoms with Gasteiger partial charge in [-0.05, 0) is 43.2 Å². The molecule has 0 atom stereocenters. The normalized spacial score (nSPS) is 10.4. The summed E-state index contributed by atoms with van der Waals surface area (Å²) in [4.78, 5) is 14.3. The Morgan fingerprint density at radius 3 is 2.67 bits per heavy atom. The molecule has 0 unspecified atom stereocenters. The lowest BCUT2D eigenvalue weighted by molar-refractivity contribution is 0.0996. The molecular formula is C15H16O2S. The number of carbonyl (C=O) groups excluding carboxylic acids is 1. The van der Waals surface area contributed by atoms with Crippen molar-refractivity contribution in [3.8, 4) is 5.75 Å². The molecule has 0 aliphatic heterocycles. The first-order valence-electron chi connectivity index (χ1n) is 5.83. The van der Waals surface area contributed by atoms with Gasteiger partial charge in [0.25, 0.3) is 0 Å². The fourth-order valence-electron chi connectivity index (χ4n) is 1.97. The van der Waals surface area contributed by atoms with Gasteiger partial charge in [-0.25, -0.2) is 0 Å². The van der Waals surface area contributed by atoms with Gasteiger partial charge in [-0.15, -0.1) is 11.3 Å². The number of benzene rings is 1. The largest absolute Gasteiger partial charge is 0.497 e. The first-order chi connectivity index (χ1) is 8.60. The predicted molar refractivity (Wildman–Crippen MR) is 74.8 cm³/mol. The Balaban J connectivity index is 2.18. The Morgan fingerprint density at radius 2 is 2.06 bits per heavy atom. The van der Waals surface area contributed by atoms with Crippen LogP contribution in [0.1, 0.15) is 25.7 Å². The number of hydrogen-bond donors (Lipinski definition) is 0. The van der Waals surface area contributed by atoms with Crippen LogP contribution in [0, 0.1) is 13.8 Å². The van der Waals surface area contributed by atoms with E-state index >= 15 is 0 Å². The summed E-state index contributed by atoms with van der Waals surface area (Å²) in [5, 5.41) is 0. The average molecular weight is 260 g/mol. The van der Waals surface area contributed by atoms with E-state index in [1.165, 1.54) is 4.88 Å². The van der Waals surface area contributed by atoms with Crippen LogP contribution in [0.3, 0.4) is 0 Å². The van der Waals surface area contributed by atoms with E-state index in [0.29, 0.717) is 6.42 Å².